The molecule has 3 N–H and O–H groups in total. The molecule has 0 saturated heterocycles. The third-order valence-electron chi connectivity index (χ3n) is 3.33. The summed E-state index contributed by atoms with van der Waals surface area (Å²) in [6.07, 6.45) is 5.73. The molecule has 1 amide bonds. The van der Waals surface area contributed by atoms with Crippen molar-refractivity contribution in [2.45, 2.75) is 51.0 Å². The highest BCUT2D eigenvalue weighted by Crippen LogP contribution is 2.27. The van der Waals surface area contributed by atoms with Gasteiger partial charge in [-0.1, -0.05) is 26.2 Å². The molecule has 0 aliphatic heterocycles. The van der Waals surface area contributed by atoms with Crippen LogP contribution in [0.1, 0.15) is 44.7 Å². The summed E-state index contributed by atoms with van der Waals surface area (Å²) in [5.74, 6) is -0.0748. The van der Waals surface area contributed by atoms with Crippen molar-refractivity contribution < 1.29 is 4.79 Å². The van der Waals surface area contributed by atoms with Crippen molar-refractivity contribution >= 4 is 22.4 Å². The van der Waals surface area contributed by atoms with Crippen LogP contribution in [0.4, 0.5) is 5.13 Å². The molecule has 0 atom stereocenters. The average molecular weight is 253 g/mol. The molecule has 1 saturated carbocycles. The van der Waals surface area contributed by atoms with Crippen LogP contribution in [0.2, 0.25) is 0 Å². The Morgan fingerprint density at radius 3 is 2.82 bits per heavy atom. The molecule has 1 fully saturated rings. The minimum Gasteiger partial charge on any atom is -0.317 e. The van der Waals surface area contributed by atoms with Crippen molar-refractivity contribution in [1.29, 1.82) is 0 Å². The average Bonchev–Trinajstić information content (AvgIpc) is 2.78. The van der Waals surface area contributed by atoms with Gasteiger partial charge in [-0.25, -0.2) is 4.98 Å². The van der Waals surface area contributed by atoms with Crippen LogP contribution in [-0.2, 0) is 11.2 Å². The number of rotatable bonds is 3. The largest absolute Gasteiger partial charge is 0.317 e. The minimum absolute atomic E-state index is 0.0748. The first-order valence-electron chi connectivity index (χ1n) is 6.19. The Labute approximate surface area is 106 Å². The van der Waals surface area contributed by atoms with Crippen LogP contribution in [0.5, 0.6) is 0 Å². The molecule has 0 aromatic carbocycles. The Hall–Kier alpha value is -0.940. The van der Waals surface area contributed by atoms with E-state index >= 15 is 0 Å². The summed E-state index contributed by atoms with van der Waals surface area (Å²) in [4.78, 5) is 16.4. The van der Waals surface area contributed by atoms with Crippen LogP contribution >= 0.6 is 11.3 Å². The monoisotopic (exact) mass is 253 g/mol. The van der Waals surface area contributed by atoms with Gasteiger partial charge in [-0.2, -0.15) is 0 Å². The first-order chi connectivity index (χ1) is 8.14. The smallest absolute Gasteiger partial charge is 0.246 e. The topological polar surface area (TPSA) is 68.0 Å². The van der Waals surface area contributed by atoms with Gasteiger partial charge in [-0.15, -0.1) is 11.3 Å². The zero-order chi connectivity index (χ0) is 12.3. The maximum atomic E-state index is 12.1. The molecule has 5 heteroatoms. The molecule has 0 spiro atoms. The predicted octanol–water partition coefficient (Wildman–Crippen LogP) is 2.31. The molecule has 17 heavy (non-hydrogen) atoms. The van der Waals surface area contributed by atoms with Crippen molar-refractivity contribution in [2.75, 3.05) is 5.32 Å². The molecule has 1 aliphatic carbocycles. The van der Waals surface area contributed by atoms with E-state index < -0.39 is 5.54 Å². The van der Waals surface area contributed by atoms with Crippen LogP contribution in [0.25, 0.3) is 0 Å². The molecule has 1 heterocycles. The highest BCUT2D eigenvalue weighted by Gasteiger charge is 2.35. The van der Waals surface area contributed by atoms with E-state index in [1.807, 2.05) is 12.3 Å². The summed E-state index contributed by atoms with van der Waals surface area (Å²) >= 11 is 1.47. The Bertz CT molecular complexity index is 396. The van der Waals surface area contributed by atoms with Gasteiger partial charge in [-0.05, 0) is 19.3 Å². The van der Waals surface area contributed by atoms with Gasteiger partial charge in [-0.3, -0.25) is 4.79 Å². The summed E-state index contributed by atoms with van der Waals surface area (Å²) in [6, 6.07) is 0. The number of hydrogen-bond donors (Lipinski definition) is 2. The fraction of sp³-hybridized carbons (Fsp3) is 0.667. The molecule has 2 rings (SSSR count). The second-order valence-electron chi connectivity index (χ2n) is 4.67. The number of nitrogens with one attached hydrogen (secondary N) is 1. The zero-order valence-electron chi connectivity index (χ0n) is 10.2. The lowest BCUT2D eigenvalue weighted by atomic mass is 9.82. The SMILES string of the molecule is CCc1csc(NC(=O)C2(N)CCCCC2)n1. The van der Waals surface area contributed by atoms with Crippen molar-refractivity contribution in [3.63, 3.8) is 0 Å². The maximum Gasteiger partial charge on any atom is 0.246 e. The van der Waals surface area contributed by atoms with Crippen molar-refractivity contribution in [3.05, 3.63) is 11.1 Å². The molecule has 0 bridgehead atoms. The highest BCUT2D eigenvalue weighted by atomic mass is 32.1. The number of anilines is 1. The van der Waals surface area contributed by atoms with Crippen LogP contribution < -0.4 is 11.1 Å². The summed E-state index contributed by atoms with van der Waals surface area (Å²) in [7, 11) is 0. The van der Waals surface area contributed by atoms with E-state index in [-0.39, 0.29) is 5.91 Å². The molecular formula is C12H19N3OS. The van der Waals surface area contributed by atoms with Gasteiger partial charge in [0.05, 0.1) is 11.2 Å². The van der Waals surface area contributed by atoms with E-state index in [2.05, 4.69) is 10.3 Å². The highest BCUT2D eigenvalue weighted by molar-refractivity contribution is 7.13. The van der Waals surface area contributed by atoms with E-state index in [0.717, 1.165) is 37.8 Å². The number of nitrogens with two attached hydrogens (primary N) is 1. The second kappa shape index (κ2) is 5.14. The lowest BCUT2D eigenvalue weighted by Gasteiger charge is -2.31. The lowest BCUT2D eigenvalue weighted by Crippen LogP contribution is -2.52. The van der Waals surface area contributed by atoms with E-state index in [9.17, 15) is 4.79 Å². The zero-order valence-corrected chi connectivity index (χ0v) is 11.0. The molecule has 0 radical (unpaired) electrons. The minimum atomic E-state index is -0.684. The van der Waals surface area contributed by atoms with Gasteiger partial charge in [0, 0.05) is 5.38 Å². The van der Waals surface area contributed by atoms with Crippen molar-refractivity contribution in [1.82, 2.24) is 4.98 Å². The first-order valence-corrected chi connectivity index (χ1v) is 7.07. The van der Waals surface area contributed by atoms with E-state index in [1.54, 1.807) is 0 Å². The van der Waals surface area contributed by atoms with Gasteiger partial charge in [0.2, 0.25) is 5.91 Å². The number of aromatic nitrogens is 1. The predicted molar refractivity (Wildman–Crippen MR) is 70.1 cm³/mol. The third kappa shape index (κ3) is 2.84. The third-order valence-corrected chi connectivity index (χ3v) is 4.14. The molecule has 1 aromatic heterocycles. The standard InChI is InChI=1S/C12H19N3OS/c1-2-9-8-17-11(14-9)15-10(16)12(13)6-4-3-5-7-12/h8H,2-7,13H2,1H3,(H,14,15,16). The molecule has 94 valence electrons. The van der Waals surface area contributed by atoms with Gasteiger partial charge < -0.3 is 11.1 Å². The van der Waals surface area contributed by atoms with Crippen LogP contribution in [0.3, 0.4) is 0 Å². The molecular weight excluding hydrogens is 234 g/mol. The Morgan fingerprint density at radius 2 is 2.24 bits per heavy atom. The summed E-state index contributed by atoms with van der Waals surface area (Å²) in [6.45, 7) is 2.05. The lowest BCUT2D eigenvalue weighted by molar-refractivity contribution is -0.122. The number of carbonyl (C=O) groups is 1. The number of carbonyl (C=O) groups excluding carboxylic acids is 1. The van der Waals surface area contributed by atoms with Gasteiger partial charge in [0.15, 0.2) is 5.13 Å². The van der Waals surface area contributed by atoms with E-state index in [4.69, 9.17) is 5.73 Å². The van der Waals surface area contributed by atoms with Crippen molar-refractivity contribution in [3.8, 4) is 0 Å². The van der Waals surface area contributed by atoms with E-state index in [1.165, 1.54) is 17.8 Å². The first kappa shape index (κ1) is 12.5. The van der Waals surface area contributed by atoms with Gasteiger partial charge in [0.1, 0.15) is 0 Å². The molecule has 4 nitrogen and oxygen atoms in total. The van der Waals surface area contributed by atoms with Gasteiger partial charge >= 0.3 is 0 Å². The number of amides is 1. The van der Waals surface area contributed by atoms with Crippen LogP contribution in [0.15, 0.2) is 5.38 Å². The maximum absolute atomic E-state index is 12.1. The van der Waals surface area contributed by atoms with E-state index in [0.29, 0.717) is 5.13 Å². The number of aryl methyl sites for hydroxylation is 1. The van der Waals surface area contributed by atoms with Crippen molar-refractivity contribution in [2.24, 2.45) is 5.73 Å². The van der Waals surface area contributed by atoms with Gasteiger partial charge in [0.25, 0.3) is 0 Å². The summed E-state index contributed by atoms with van der Waals surface area (Å²) in [5.41, 5.74) is 6.48. The number of nitrogens with zero attached hydrogens (tertiary/aromatic N) is 1. The Morgan fingerprint density at radius 1 is 1.53 bits per heavy atom. The Kier molecular flexibility index (Phi) is 3.79. The number of hydrogen-bond acceptors (Lipinski definition) is 4. The molecule has 1 aromatic rings. The fourth-order valence-corrected chi connectivity index (χ4v) is 2.95. The van der Waals surface area contributed by atoms with Crippen LogP contribution in [0, 0.1) is 0 Å². The van der Waals surface area contributed by atoms with Crippen LogP contribution in [-0.4, -0.2) is 16.4 Å². The molecule has 1 aliphatic rings. The number of thiazole rings is 1. The Balaban J connectivity index is 2.00. The molecule has 0 unspecified atom stereocenters. The summed E-state index contributed by atoms with van der Waals surface area (Å²) in [5, 5.41) is 5.49. The summed E-state index contributed by atoms with van der Waals surface area (Å²) < 4.78 is 0. The fourth-order valence-electron chi connectivity index (χ4n) is 2.16. The second-order valence-corrected chi connectivity index (χ2v) is 5.53. The quantitative estimate of drug-likeness (QED) is 0.868. The normalized spacial score (nSPS) is 18.9.